The number of nitrogens with one attached hydrogen (secondary N) is 1. The Bertz CT molecular complexity index is 394. The largest absolute Gasteiger partial charge is 0.496 e. The molecule has 0 aromatic heterocycles. The second-order valence-corrected chi connectivity index (χ2v) is 5.61. The first-order chi connectivity index (χ1) is 8.67. The number of rotatable bonds is 5. The topological polar surface area (TPSA) is 24.5 Å². The van der Waals surface area contributed by atoms with E-state index in [9.17, 15) is 0 Å². The summed E-state index contributed by atoms with van der Waals surface area (Å²) in [5.41, 5.74) is 1.70. The molecule has 1 aliphatic heterocycles. The van der Waals surface area contributed by atoms with Crippen LogP contribution in [0.3, 0.4) is 0 Å². The zero-order valence-corrected chi connectivity index (χ0v) is 11.7. The van der Waals surface area contributed by atoms with Gasteiger partial charge in [-0.1, -0.05) is 25.1 Å². The van der Waals surface area contributed by atoms with Gasteiger partial charge in [-0.15, -0.1) is 0 Å². The number of hydrogen-bond acceptors (Lipinski definition) is 3. The molecule has 1 unspecified atom stereocenters. The lowest BCUT2D eigenvalue weighted by Gasteiger charge is -2.24. The van der Waals surface area contributed by atoms with Crippen molar-refractivity contribution in [2.75, 3.05) is 33.8 Å². The van der Waals surface area contributed by atoms with E-state index in [0.717, 1.165) is 25.4 Å². The number of methoxy groups -OCH3 is 1. The van der Waals surface area contributed by atoms with Crippen LogP contribution in [0.2, 0.25) is 0 Å². The fraction of sp³-hybridized carbons (Fsp3) is 0.600. The molecule has 1 fully saturated rings. The van der Waals surface area contributed by atoms with E-state index in [4.69, 9.17) is 4.74 Å². The van der Waals surface area contributed by atoms with E-state index in [1.807, 2.05) is 19.2 Å². The Morgan fingerprint density at radius 1 is 1.39 bits per heavy atom. The molecule has 0 saturated carbocycles. The molecule has 1 aromatic carbocycles. The van der Waals surface area contributed by atoms with Gasteiger partial charge >= 0.3 is 0 Å². The van der Waals surface area contributed by atoms with Crippen molar-refractivity contribution in [1.29, 1.82) is 0 Å². The first kappa shape index (κ1) is 13.4. The van der Waals surface area contributed by atoms with Gasteiger partial charge in [-0.3, -0.25) is 4.90 Å². The summed E-state index contributed by atoms with van der Waals surface area (Å²) < 4.78 is 5.42. The lowest BCUT2D eigenvalue weighted by atomic mass is 9.90. The van der Waals surface area contributed by atoms with Gasteiger partial charge in [0.05, 0.1) is 7.11 Å². The van der Waals surface area contributed by atoms with Gasteiger partial charge in [-0.2, -0.15) is 0 Å². The van der Waals surface area contributed by atoms with Crippen LogP contribution in [0.4, 0.5) is 0 Å². The summed E-state index contributed by atoms with van der Waals surface area (Å²) in [5.74, 6) is 1.000. The summed E-state index contributed by atoms with van der Waals surface area (Å²) >= 11 is 0. The summed E-state index contributed by atoms with van der Waals surface area (Å²) in [4.78, 5) is 2.52. The third kappa shape index (κ3) is 3.03. The molecule has 1 aliphatic rings. The molecule has 3 nitrogen and oxygen atoms in total. The molecular weight excluding hydrogens is 224 g/mol. The molecule has 1 atom stereocenters. The van der Waals surface area contributed by atoms with Gasteiger partial charge in [0.2, 0.25) is 0 Å². The quantitative estimate of drug-likeness (QED) is 0.864. The summed E-state index contributed by atoms with van der Waals surface area (Å²) in [6.07, 6.45) is 1.27. The molecule has 1 heterocycles. The second kappa shape index (κ2) is 5.72. The molecule has 0 bridgehead atoms. The van der Waals surface area contributed by atoms with Crippen molar-refractivity contribution in [3.05, 3.63) is 29.8 Å². The summed E-state index contributed by atoms with van der Waals surface area (Å²) in [5, 5.41) is 3.31. The number of nitrogens with zero attached hydrogens (tertiary/aromatic N) is 1. The molecular formula is C15H24N2O. The molecule has 0 spiro atoms. The normalized spacial score (nSPS) is 24.4. The van der Waals surface area contributed by atoms with Gasteiger partial charge in [-0.05, 0) is 31.5 Å². The highest BCUT2D eigenvalue weighted by Gasteiger charge is 2.33. The van der Waals surface area contributed by atoms with Crippen molar-refractivity contribution in [2.24, 2.45) is 5.41 Å². The Hall–Kier alpha value is -1.06. The highest BCUT2D eigenvalue weighted by molar-refractivity contribution is 5.33. The van der Waals surface area contributed by atoms with Gasteiger partial charge in [0.25, 0.3) is 0 Å². The summed E-state index contributed by atoms with van der Waals surface area (Å²) in [6.45, 7) is 6.78. The fourth-order valence-corrected chi connectivity index (χ4v) is 2.91. The minimum atomic E-state index is 0.413. The lowest BCUT2D eigenvalue weighted by Crippen LogP contribution is -2.32. The SMILES string of the molecule is CNCC1(C)CCN(Cc2ccccc2OC)C1. The predicted molar refractivity (Wildman–Crippen MR) is 74.9 cm³/mol. The average molecular weight is 248 g/mol. The van der Waals surface area contributed by atoms with Gasteiger partial charge in [0, 0.05) is 25.2 Å². The zero-order valence-electron chi connectivity index (χ0n) is 11.7. The van der Waals surface area contributed by atoms with Gasteiger partial charge in [0.1, 0.15) is 5.75 Å². The van der Waals surface area contributed by atoms with Crippen molar-refractivity contribution in [3.63, 3.8) is 0 Å². The molecule has 100 valence electrons. The van der Waals surface area contributed by atoms with E-state index < -0.39 is 0 Å². The summed E-state index contributed by atoms with van der Waals surface area (Å²) in [6, 6.07) is 8.31. The molecule has 18 heavy (non-hydrogen) atoms. The van der Waals surface area contributed by atoms with Gasteiger partial charge in [-0.25, -0.2) is 0 Å². The van der Waals surface area contributed by atoms with Crippen molar-refractivity contribution >= 4 is 0 Å². The Labute approximate surface area is 110 Å². The Morgan fingerprint density at radius 2 is 2.17 bits per heavy atom. The van der Waals surface area contributed by atoms with Crippen molar-refractivity contribution < 1.29 is 4.74 Å². The standard InChI is InChI=1S/C15H24N2O/c1-15(11-16-2)8-9-17(12-15)10-13-6-4-5-7-14(13)18-3/h4-7,16H,8-12H2,1-3H3. The third-order valence-corrected chi connectivity index (χ3v) is 3.83. The minimum absolute atomic E-state index is 0.413. The molecule has 1 N–H and O–H groups in total. The maximum atomic E-state index is 5.42. The Morgan fingerprint density at radius 3 is 2.89 bits per heavy atom. The van der Waals surface area contributed by atoms with Crippen LogP contribution >= 0.6 is 0 Å². The lowest BCUT2D eigenvalue weighted by molar-refractivity contribution is 0.262. The van der Waals surface area contributed by atoms with E-state index in [0.29, 0.717) is 5.41 Å². The highest BCUT2D eigenvalue weighted by Crippen LogP contribution is 2.31. The van der Waals surface area contributed by atoms with Crippen molar-refractivity contribution in [1.82, 2.24) is 10.2 Å². The minimum Gasteiger partial charge on any atom is -0.496 e. The first-order valence-corrected chi connectivity index (χ1v) is 6.66. The van der Waals surface area contributed by atoms with Gasteiger partial charge in [0.15, 0.2) is 0 Å². The molecule has 3 heteroatoms. The fourth-order valence-electron chi connectivity index (χ4n) is 2.91. The van der Waals surface area contributed by atoms with Crippen LogP contribution in [-0.2, 0) is 6.54 Å². The zero-order chi connectivity index (χ0) is 13.0. The second-order valence-electron chi connectivity index (χ2n) is 5.61. The smallest absolute Gasteiger partial charge is 0.123 e. The van der Waals surface area contributed by atoms with E-state index in [-0.39, 0.29) is 0 Å². The summed E-state index contributed by atoms with van der Waals surface area (Å²) in [7, 11) is 3.78. The maximum absolute atomic E-state index is 5.42. The van der Waals surface area contributed by atoms with Crippen LogP contribution in [0.5, 0.6) is 5.75 Å². The molecule has 0 radical (unpaired) electrons. The predicted octanol–water partition coefficient (Wildman–Crippen LogP) is 2.13. The molecule has 0 aliphatic carbocycles. The van der Waals surface area contributed by atoms with Gasteiger partial charge < -0.3 is 10.1 Å². The van der Waals surface area contributed by atoms with E-state index in [2.05, 4.69) is 29.3 Å². The monoisotopic (exact) mass is 248 g/mol. The number of para-hydroxylation sites is 1. The molecule has 1 aromatic rings. The number of likely N-dealkylation sites (tertiary alicyclic amines) is 1. The number of hydrogen-bond donors (Lipinski definition) is 1. The van der Waals surface area contributed by atoms with E-state index in [1.54, 1.807) is 7.11 Å². The van der Waals surface area contributed by atoms with Crippen LogP contribution in [0, 0.1) is 5.41 Å². The van der Waals surface area contributed by atoms with Crippen molar-refractivity contribution in [2.45, 2.75) is 19.9 Å². The Kier molecular flexibility index (Phi) is 4.25. The third-order valence-electron chi connectivity index (χ3n) is 3.83. The van der Waals surface area contributed by atoms with Crippen LogP contribution in [0.15, 0.2) is 24.3 Å². The first-order valence-electron chi connectivity index (χ1n) is 6.66. The molecule has 0 amide bonds. The van der Waals surface area contributed by atoms with E-state index in [1.165, 1.54) is 18.5 Å². The Balaban J connectivity index is 1.99. The van der Waals surface area contributed by atoms with Crippen LogP contribution in [-0.4, -0.2) is 38.7 Å². The number of benzene rings is 1. The van der Waals surface area contributed by atoms with Crippen LogP contribution in [0.25, 0.3) is 0 Å². The molecule has 1 saturated heterocycles. The van der Waals surface area contributed by atoms with Crippen LogP contribution < -0.4 is 10.1 Å². The molecule has 2 rings (SSSR count). The number of ether oxygens (including phenoxy) is 1. The average Bonchev–Trinajstić information content (AvgIpc) is 2.72. The van der Waals surface area contributed by atoms with E-state index >= 15 is 0 Å². The highest BCUT2D eigenvalue weighted by atomic mass is 16.5. The maximum Gasteiger partial charge on any atom is 0.123 e. The van der Waals surface area contributed by atoms with Crippen molar-refractivity contribution in [3.8, 4) is 5.75 Å². The van der Waals surface area contributed by atoms with Crippen LogP contribution in [0.1, 0.15) is 18.9 Å².